The van der Waals surface area contributed by atoms with Crippen LogP contribution >= 0.6 is 0 Å². The maximum atomic E-state index is 13.8. The summed E-state index contributed by atoms with van der Waals surface area (Å²) in [7, 11) is -3.89. The Morgan fingerprint density at radius 1 is 0.771 bits per heavy atom. The van der Waals surface area contributed by atoms with Crippen LogP contribution in [0.1, 0.15) is 11.1 Å². The third-order valence-electron chi connectivity index (χ3n) is 6.44. The molecule has 0 radical (unpaired) electrons. The van der Waals surface area contributed by atoms with Gasteiger partial charge in [-0.25, -0.2) is 8.42 Å². The molecule has 5 nitrogen and oxygen atoms in total. The molecular formula is C29H28N2O3S. The number of aliphatic hydroxyl groups excluding tert-OH is 1. The van der Waals surface area contributed by atoms with Crippen LogP contribution in [0.25, 0.3) is 21.8 Å². The van der Waals surface area contributed by atoms with E-state index in [2.05, 4.69) is 16.7 Å². The molecule has 1 N–H and O–H groups in total. The first-order valence-corrected chi connectivity index (χ1v) is 13.1. The SMILES string of the molecule is Cc1ccc(S(=O)(=O)N(CC(O)Cn2c3ccccc3c3ccccc32)c2ccccc2C)cc1. The number of sulfonamides is 1. The number of para-hydroxylation sites is 3. The predicted octanol–water partition coefficient (Wildman–Crippen LogP) is 5.67. The highest BCUT2D eigenvalue weighted by Gasteiger charge is 2.28. The summed E-state index contributed by atoms with van der Waals surface area (Å²) in [6, 6.07) is 30.4. The van der Waals surface area contributed by atoms with Crippen molar-refractivity contribution in [2.75, 3.05) is 10.8 Å². The van der Waals surface area contributed by atoms with Crippen molar-refractivity contribution in [3.05, 3.63) is 108 Å². The Hall–Kier alpha value is -3.61. The van der Waals surface area contributed by atoms with E-state index < -0.39 is 16.1 Å². The maximum absolute atomic E-state index is 13.8. The summed E-state index contributed by atoms with van der Waals surface area (Å²) in [5.74, 6) is 0. The van der Waals surface area contributed by atoms with Gasteiger partial charge >= 0.3 is 0 Å². The topological polar surface area (TPSA) is 62.5 Å². The summed E-state index contributed by atoms with van der Waals surface area (Å²) < 4.78 is 30.9. The smallest absolute Gasteiger partial charge is 0.264 e. The van der Waals surface area contributed by atoms with E-state index in [1.807, 2.05) is 68.4 Å². The molecule has 0 fully saturated rings. The summed E-state index contributed by atoms with van der Waals surface area (Å²) in [4.78, 5) is 0.204. The van der Waals surface area contributed by atoms with Crippen molar-refractivity contribution in [2.24, 2.45) is 0 Å². The average molecular weight is 485 g/mol. The zero-order valence-electron chi connectivity index (χ0n) is 19.8. The number of fused-ring (bicyclic) bond motifs is 3. The van der Waals surface area contributed by atoms with Crippen LogP contribution in [-0.4, -0.2) is 30.7 Å². The van der Waals surface area contributed by atoms with Gasteiger partial charge in [0.05, 0.1) is 29.8 Å². The van der Waals surface area contributed by atoms with Crippen LogP contribution < -0.4 is 4.31 Å². The molecule has 1 aromatic heterocycles. The summed E-state index contributed by atoms with van der Waals surface area (Å²) in [6.07, 6.45) is -0.936. The summed E-state index contributed by atoms with van der Waals surface area (Å²) >= 11 is 0. The molecule has 5 rings (SSSR count). The van der Waals surface area contributed by atoms with Crippen LogP contribution in [0.3, 0.4) is 0 Å². The van der Waals surface area contributed by atoms with Gasteiger partial charge in [0.2, 0.25) is 0 Å². The zero-order valence-corrected chi connectivity index (χ0v) is 20.6. The quantitative estimate of drug-likeness (QED) is 0.324. The van der Waals surface area contributed by atoms with Crippen molar-refractivity contribution >= 4 is 37.5 Å². The molecule has 0 saturated carbocycles. The molecule has 5 aromatic rings. The van der Waals surface area contributed by atoms with Gasteiger partial charge in [0.15, 0.2) is 0 Å². The van der Waals surface area contributed by atoms with E-state index in [1.165, 1.54) is 4.31 Å². The van der Waals surface area contributed by atoms with Crippen LogP contribution in [0, 0.1) is 13.8 Å². The number of benzene rings is 4. The van der Waals surface area contributed by atoms with Crippen LogP contribution in [0.2, 0.25) is 0 Å². The first-order chi connectivity index (χ1) is 16.9. The van der Waals surface area contributed by atoms with Crippen molar-refractivity contribution in [3.63, 3.8) is 0 Å². The van der Waals surface area contributed by atoms with Gasteiger partial charge in [0.25, 0.3) is 10.0 Å². The van der Waals surface area contributed by atoms with E-state index >= 15 is 0 Å². The molecule has 178 valence electrons. The zero-order chi connectivity index (χ0) is 24.6. The monoisotopic (exact) mass is 484 g/mol. The van der Waals surface area contributed by atoms with E-state index in [4.69, 9.17) is 0 Å². The molecule has 4 aromatic carbocycles. The lowest BCUT2D eigenvalue weighted by molar-refractivity contribution is 0.166. The van der Waals surface area contributed by atoms with Gasteiger partial charge in [-0.05, 0) is 49.7 Å². The second-order valence-corrected chi connectivity index (χ2v) is 10.8. The van der Waals surface area contributed by atoms with E-state index in [0.29, 0.717) is 5.69 Å². The number of nitrogens with zero attached hydrogens (tertiary/aromatic N) is 2. The molecule has 0 spiro atoms. The summed E-state index contributed by atoms with van der Waals surface area (Å²) in [5, 5.41) is 13.5. The Bertz CT molecular complexity index is 1550. The fraction of sp³-hybridized carbons (Fsp3) is 0.172. The van der Waals surface area contributed by atoms with E-state index in [9.17, 15) is 13.5 Å². The highest BCUT2D eigenvalue weighted by Crippen LogP contribution is 2.30. The largest absolute Gasteiger partial charge is 0.389 e. The molecule has 0 aliphatic carbocycles. The normalized spacial score (nSPS) is 12.8. The third-order valence-corrected chi connectivity index (χ3v) is 8.24. The number of aliphatic hydroxyl groups is 1. The average Bonchev–Trinajstić information content (AvgIpc) is 3.17. The fourth-order valence-corrected chi connectivity index (χ4v) is 6.23. The van der Waals surface area contributed by atoms with E-state index in [1.54, 1.807) is 30.3 Å². The number of aromatic nitrogens is 1. The van der Waals surface area contributed by atoms with Crippen molar-refractivity contribution in [3.8, 4) is 0 Å². The first kappa shape index (κ1) is 23.1. The molecule has 0 amide bonds. The molecule has 0 aliphatic rings. The minimum atomic E-state index is -3.89. The van der Waals surface area contributed by atoms with Crippen LogP contribution in [-0.2, 0) is 16.6 Å². The molecule has 1 heterocycles. The number of anilines is 1. The molecule has 0 bridgehead atoms. The summed E-state index contributed by atoms with van der Waals surface area (Å²) in [6.45, 7) is 4.00. The highest BCUT2D eigenvalue weighted by atomic mass is 32.2. The Morgan fingerprint density at radius 2 is 1.31 bits per heavy atom. The molecule has 1 unspecified atom stereocenters. The fourth-order valence-electron chi connectivity index (χ4n) is 4.67. The van der Waals surface area contributed by atoms with Gasteiger partial charge in [0, 0.05) is 21.8 Å². The first-order valence-electron chi connectivity index (χ1n) is 11.7. The van der Waals surface area contributed by atoms with Crippen molar-refractivity contribution in [1.29, 1.82) is 0 Å². The van der Waals surface area contributed by atoms with Gasteiger partial charge < -0.3 is 9.67 Å². The van der Waals surface area contributed by atoms with Crippen molar-refractivity contribution in [1.82, 2.24) is 4.57 Å². The summed E-state index contributed by atoms with van der Waals surface area (Å²) in [5.41, 5.74) is 4.40. The Kier molecular flexibility index (Phi) is 6.09. The minimum Gasteiger partial charge on any atom is -0.389 e. The predicted molar refractivity (Wildman–Crippen MR) is 142 cm³/mol. The molecule has 0 saturated heterocycles. The standard InChI is InChI=1S/C29H28N2O3S/c1-21-15-17-24(18-16-21)35(33,34)31(27-12-6-3-9-22(27)2)20-23(32)19-30-28-13-7-4-10-25(28)26-11-5-8-14-29(26)30/h3-18,23,32H,19-20H2,1-2H3. The third kappa shape index (κ3) is 4.31. The van der Waals surface area contributed by atoms with E-state index in [-0.39, 0.29) is 18.0 Å². The lowest BCUT2D eigenvalue weighted by atomic mass is 10.2. The van der Waals surface area contributed by atoms with E-state index in [0.717, 1.165) is 32.9 Å². The molecule has 0 aliphatic heterocycles. The van der Waals surface area contributed by atoms with Gasteiger partial charge in [-0.3, -0.25) is 4.31 Å². The number of hydrogen-bond donors (Lipinski definition) is 1. The Morgan fingerprint density at radius 3 is 1.91 bits per heavy atom. The molecular weight excluding hydrogens is 456 g/mol. The number of rotatable bonds is 7. The van der Waals surface area contributed by atoms with Crippen LogP contribution in [0.4, 0.5) is 5.69 Å². The van der Waals surface area contributed by atoms with Gasteiger partial charge in [0.1, 0.15) is 0 Å². The van der Waals surface area contributed by atoms with Crippen LogP contribution in [0.15, 0.2) is 102 Å². The Balaban J connectivity index is 1.54. The van der Waals surface area contributed by atoms with Crippen LogP contribution in [0.5, 0.6) is 0 Å². The highest BCUT2D eigenvalue weighted by molar-refractivity contribution is 7.92. The van der Waals surface area contributed by atoms with Gasteiger partial charge in [-0.15, -0.1) is 0 Å². The molecule has 6 heteroatoms. The minimum absolute atomic E-state index is 0.0676. The van der Waals surface area contributed by atoms with Gasteiger partial charge in [-0.2, -0.15) is 0 Å². The lowest BCUT2D eigenvalue weighted by Crippen LogP contribution is -2.39. The second-order valence-electron chi connectivity index (χ2n) is 8.93. The van der Waals surface area contributed by atoms with Crippen molar-refractivity contribution in [2.45, 2.75) is 31.4 Å². The van der Waals surface area contributed by atoms with Gasteiger partial charge in [-0.1, -0.05) is 72.3 Å². The number of aryl methyl sites for hydroxylation is 2. The second kappa shape index (κ2) is 9.21. The molecule has 35 heavy (non-hydrogen) atoms. The Labute approximate surface area is 205 Å². The lowest BCUT2D eigenvalue weighted by Gasteiger charge is -2.28. The molecule has 1 atom stereocenters. The van der Waals surface area contributed by atoms with Crippen molar-refractivity contribution < 1.29 is 13.5 Å². The maximum Gasteiger partial charge on any atom is 0.264 e. The number of hydrogen-bond acceptors (Lipinski definition) is 3.